The first-order valence-electron chi connectivity index (χ1n) is 6.37. The number of benzene rings is 1. The molecule has 0 heterocycles. The van der Waals surface area contributed by atoms with E-state index in [2.05, 4.69) is 5.32 Å². The molecule has 19 heavy (non-hydrogen) atoms. The van der Waals surface area contributed by atoms with Crippen LogP contribution in [-0.2, 0) is 4.79 Å². The normalized spacial score (nSPS) is 9.11. The Morgan fingerprint density at radius 1 is 1.16 bits per heavy atom. The van der Waals surface area contributed by atoms with Crippen LogP contribution in [0.3, 0.4) is 0 Å². The van der Waals surface area contributed by atoms with Gasteiger partial charge in [0.25, 0.3) is 0 Å². The summed E-state index contributed by atoms with van der Waals surface area (Å²) >= 11 is 0. The Morgan fingerprint density at radius 2 is 1.79 bits per heavy atom. The summed E-state index contributed by atoms with van der Waals surface area (Å²) in [5.41, 5.74) is 5.63. The molecule has 5 nitrogen and oxygen atoms in total. The van der Waals surface area contributed by atoms with Crippen LogP contribution in [0.5, 0.6) is 0 Å². The van der Waals surface area contributed by atoms with Crippen molar-refractivity contribution < 1.29 is 14.7 Å². The van der Waals surface area contributed by atoms with Crippen LogP contribution < -0.4 is 11.1 Å². The SMILES string of the molecule is NCCCCCCNC=O.O=C(O)c1ccccc1. The number of carboxylic acids is 1. The lowest BCUT2D eigenvalue weighted by Crippen LogP contribution is -2.11. The van der Waals surface area contributed by atoms with E-state index in [1.54, 1.807) is 30.3 Å². The zero-order valence-electron chi connectivity index (χ0n) is 11.0. The lowest BCUT2D eigenvalue weighted by molar-refractivity contribution is -0.109. The zero-order valence-corrected chi connectivity index (χ0v) is 11.0. The van der Waals surface area contributed by atoms with Crippen LogP contribution in [0, 0.1) is 0 Å². The Hall–Kier alpha value is -1.88. The lowest BCUT2D eigenvalue weighted by atomic mass is 10.2. The van der Waals surface area contributed by atoms with Crippen LogP contribution in [0.1, 0.15) is 36.0 Å². The zero-order chi connectivity index (χ0) is 14.3. The van der Waals surface area contributed by atoms with Crippen molar-refractivity contribution in [2.24, 2.45) is 5.73 Å². The highest BCUT2D eigenvalue weighted by Crippen LogP contribution is 1.96. The van der Waals surface area contributed by atoms with Gasteiger partial charge in [0, 0.05) is 6.54 Å². The monoisotopic (exact) mass is 266 g/mol. The molecule has 0 saturated carbocycles. The van der Waals surface area contributed by atoms with E-state index in [4.69, 9.17) is 10.8 Å². The average molecular weight is 266 g/mol. The van der Waals surface area contributed by atoms with Gasteiger partial charge in [-0.25, -0.2) is 4.79 Å². The summed E-state index contributed by atoms with van der Waals surface area (Å²) in [6, 6.07) is 8.30. The molecule has 1 amide bonds. The minimum atomic E-state index is -0.879. The second kappa shape index (κ2) is 12.6. The Balaban J connectivity index is 0.000000342. The summed E-state index contributed by atoms with van der Waals surface area (Å²) in [5, 5.41) is 11.0. The number of aromatic carboxylic acids is 1. The molecule has 5 heteroatoms. The molecule has 0 bridgehead atoms. The van der Waals surface area contributed by atoms with Gasteiger partial charge in [-0.2, -0.15) is 0 Å². The number of nitrogens with two attached hydrogens (primary N) is 1. The standard InChI is InChI=1S/C7H16N2O.C7H6O2/c8-5-3-1-2-4-6-9-7-10;8-7(9)6-4-2-1-3-5-6/h7H,1-6,8H2,(H,9,10);1-5H,(H,8,9). The van der Waals surface area contributed by atoms with Gasteiger partial charge in [0.05, 0.1) is 5.56 Å². The first kappa shape index (κ1) is 17.1. The second-order valence-corrected chi connectivity index (χ2v) is 3.95. The fourth-order valence-electron chi connectivity index (χ4n) is 1.36. The second-order valence-electron chi connectivity index (χ2n) is 3.95. The number of carbonyl (C=O) groups excluding carboxylic acids is 1. The molecule has 0 saturated heterocycles. The summed E-state index contributed by atoms with van der Waals surface area (Å²) < 4.78 is 0. The molecule has 4 N–H and O–H groups in total. The van der Waals surface area contributed by atoms with Gasteiger partial charge in [0.1, 0.15) is 0 Å². The molecule has 0 radical (unpaired) electrons. The van der Waals surface area contributed by atoms with E-state index < -0.39 is 5.97 Å². The first-order valence-corrected chi connectivity index (χ1v) is 6.37. The molecule has 1 aromatic rings. The van der Waals surface area contributed by atoms with Gasteiger partial charge in [0.15, 0.2) is 0 Å². The summed E-state index contributed by atoms with van der Waals surface area (Å²) in [4.78, 5) is 20.0. The molecule has 1 aromatic carbocycles. The van der Waals surface area contributed by atoms with Crippen molar-refractivity contribution >= 4 is 12.4 Å². The maximum absolute atomic E-state index is 10.2. The van der Waals surface area contributed by atoms with Crippen LogP contribution >= 0.6 is 0 Å². The molecule has 0 unspecified atom stereocenters. The Labute approximate surface area is 113 Å². The maximum Gasteiger partial charge on any atom is 0.335 e. The van der Waals surface area contributed by atoms with E-state index in [-0.39, 0.29) is 0 Å². The van der Waals surface area contributed by atoms with Crippen molar-refractivity contribution in [1.29, 1.82) is 0 Å². The number of hydrogen-bond acceptors (Lipinski definition) is 3. The van der Waals surface area contributed by atoms with Crippen LogP contribution in [0.4, 0.5) is 0 Å². The average Bonchev–Trinajstić information content (AvgIpc) is 2.44. The Bertz CT molecular complexity index is 342. The van der Waals surface area contributed by atoms with Crippen molar-refractivity contribution in [1.82, 2.24) is 5.32 Å². The van der Waals surface area contributed by atoms with Crippen molar-refractivity contribution in [2.75, 3.05) is 13.1 Å². The van der Waals surface area contributed by atoms with Gasteiger partial charge in [-0.3, -0.25) is 4.79 Å². The van der Waals surface area contributed by atoms with Crippen LogP contribution in [0.15, 0.2) is 30.3 Å². The number of amides is 1. The summed E-state index contributed by atoms with van der Waals surface area (Å²) in [6.45, 7) is 1.58. The Morgan fingerprint density at radius 3 is 2.26 bits per heavy atom. The predicted molar refractivity (Wildman–Crippen MR) is 75.0 cm³/mol. The van der Waals surface area contributed by atoms with Gasteiger partial charge < -0.3 is 16.2 Å². The lowest BCUT2D eigenvalue weighted by Gasteiger charge is -1.97. The molecule has 0 aromatic heterocycles. The van der Waals surface area contributed by atoms with E-state index >= 15 is 0 Å². The number of unbranched alkanes of at least 4 members (excludes halogenated alkanes) is 3. The number of rotatable bonds is 8. The summed E-state index contributed by atoms with van der Waals surface area (Å²) in [7, 11) is 0. The molecular formula is C14H22N2O3. The number of carboxylic acid groups (broad SMARTS) is 1. The fraction of sp³-hybridized carbons (Fsp3) is 0.429. The van der Waals surface area contributed by atoms with Gasteiger partial charge in [-0.1, -0.05) is 31.0 Å². The molecule has 0 aliphatic carbocycles. The summed E-state index contributed by atoms with van der Waals surface area (Å²) in [6.07, 6.45) is 5.25. The summed E-state index contributed by atoms with van der Waals surface area (Å²) in [5.74, 6) is -0.879. The van der Waals surface area contributed by atoms with Crippen molar-refractivity contribution in [3.63, 3.8) is 0 Å². The molecule has 0 aliphatic heterocycles. The van der Waals surface area contributed by atoms with Crippen molar-refractivity contribution in [3.8, 4) is 0 Å². The van der Waals surface area contributed by atoms with E-state index in [1.807, 2.05) is 0 Å². The fourth-order valence-corrected chi connectivity index (χ4v) is 1.36. The van der Waals surface area contributed by atoms with Crippen molar-refractivity contribution in [2.45, 2.75) is 25.7 Å². The Kier molecular flexibility index (Phi) is 11.3. The van der Waals surface area contributed by atoms with Gasteiger partial charge in [-0.15, -0.1) is 0 Å². The third kappa shape index (κ3) is 11.0. The third-order valence-electron chi connectivity index (χ3n) is 2.38. The molecule has 0 fully saturated rings. The highest BCUT2D eigenvalue weighted by atomic mass is 16.4. The highest BCUT2D eigenvalue weighted by molar-refractivity contribution is 5.87. The topological polar surface area (TPSA) is 92.4 Å². The third-order valence-corrected chi connectivity index (χ3v) is 2.38. The van der Waals surface area contributed by atoms with Crippen molar-refractivity contribution in [3.05, 3.63) is 35.9 Å². The highest BCUT2D eigenvalue weighted by Gasteiger charge is 1.96. The molecular weight excluding hydrogens is 244 g/mol. The van der Waals surface area contributed by atoms with Gasteiger partial charge >= 0.3 is 5.97 Å². The van der Waals surface area contributed by atoms with E-state index in [0.717, 1.165) is 38.8 Å². The minimum Gasteiger partial charge on any atom is -0.478 e. The van der Waals surface area contributed by atoms with E-state index in [0.29, 0.717) is 5.56 Å². The maximum atomic E-state index is 10.2. The molecule has 1 rings (SSSR count). The quantitative estimate of drug-likeness (QED) is 0.492. The smallest absolute Gasteiger partial charge is 0.335 e. The minimum absolute atomic E-state index is 0.331. The number of nitrogens with one attached hydrogen (secondary N) is 1. The number of hydrogen-bond donors (Lipinski definition) is 3. The first-order chi connectivity index (χ1) is 9.22. The van der Waals surface area contributed by atoms with Crippen LogP contribution in [0.2, 0.25) is 0 Å². The van der Waals surface area contributed by atoms with Gasteiger partial charge in [-0.05, 0) is 31.5 Å². The van der Waals surface area contributed by atoms with E-state index in [1.165, 1.54) is 6.42 Å². The van der Waals surface area contributed by atoms with Crippen LogP contribution in [0.25, 0.3) is 0 Å². The largest absolute Gasteiger partial charge is 0.478 e. The molecule has 0 spiro atoms. The molecule has 106 valence electrons. The molecule has 0 aliphatic rings. The van der Waals surface area contributed by atoms with Crippen LogP contribution in [-0.4, -0.2) is 30.6 Å². The van der Waals surface area contributed by atoms with Gasteiger partial charge in [0.2, 0.25) is 6.41 Å². The predicted octanol–water partition coefficient (Wildman–Crippen LogP) is 1.64. The molecule has 0 atom stereocenters. The number of carbonyl (C=O) groups is 2. The van der Waals surface area contributed by atoms with E-state index in [9.17, 15) is 9.59 Å².